The second-order valence-electron chi connectivity index (χ2n) is 5.52. The van der Waals surface area contributed by atoms with Gasteiger partial charge in [-0.3, -0.25) is 0 Å². The highest BCUT2D eigenvalue weighted by Crippen LogP contribution is 2.27. The molecule has 0 aromatic heterocycles. The molecule has 100 valence electrons. The minimum Gasteiger partial charge on any atom is -0.388 e. The summed E-state index contributed by atoms with van der Waals surface area (Å²) in [6.45, 7) is 6.72. The molecule has 4 heteroatoms. The van der Waals surface area contributed by atoms with Crippen molar-refractivity contribution in [3.8, 4) is 0 Å². The van der Waals surface area contributed by atoms with Crippen molar-refractivity contribution in [2.24, 2.45) is 0 Å². The van der Waals surface area contributed by atoms with Crippen LogP contribution < -0.4 is 5.32 Å². The summed E-state index contributed by atoms with van der Waals surface area (Å²) in [6, 6.07) is 0.623. The average molecular weight is 258 g/mol. The van der Waals surface area contributed by atoms with Crippen molar-refractivity contribution in [3.05, 3.63) is 0 Å². The molecule has 2 saturated heterocycles. The standard InChI is InChI=1S/C13H26N2OS/c1-2-6-15-7-3-12(4-8-15)14-10-13(16)5-9-17-11-13/h12,14,16H,2-11H2,1H3. The lowest BCUT2D eigenvalue weighted by Crippen LogP contribution is -2.48. The summed E-state index contributed by atoms with van der Waals surface area (Å²) in [7, 11) is 0. The van der Waals surface area contributed by atoms with E-state index < -0.39 is 5.60 Å². The summed E-state index contributed by atoms with van der Waals surface area (Å²) in [5, 5.41) is 13.8. The Bertz CT molecular complexity index is 223. The van der Waals surface area contributed by atoms with E-state index in [9.17, 15) is 5.11 Å². The van der Waals surface area contributed by atoms with E-state index in [2.05, 4.69) is 17.1 Å². The van der Waals surface area contributed by atoms with Crippen LogP contribution in [0.4, 0.5) is 0 Å². The highest BCUT2D eigenvalue weighted by Gasteiger charge is 2.32. The minimum atomic E-state index is -0.425. The molecular formula is C13H26N2OS. The van der Waals surface area contributed by atoms with Gasteiger partial charge < -0.3 is 15.3 Å². The Morgan fingerprint density at radius 1 is 1.41 bits per heavy atom. The first kappa shape index (κ1) is 13.7. The summed E-state index contributed by atoms with van der Waals surface area (Å²) in [5.41, 5.74) is -0.425. The van der Waals surface area contributed by atoms with Crippen molar-refractivity contribution < 1.29 is 5.11 Å². The van der Waals surface area contributed by atoms with E-state index in [1.54, 1.807) is 0 Å². The van der Waals surface area contributed by atoms with Crippen LogP contribution in [-0.2, 0) is 0 Å². The van der Waals surface area contributed by atoms with Crippen LogP contribution in [0.3, 0.4) is 0 Å². The fourth-order valence-corrected chi connectivity index (χ4v) is 4.04. The van der Waals surface area contributed by atoms with Crippen molar-refractivity contribution in [2.75, 3.05) is 37.7 Å². The van der Waals surface area contributed by atoms with E-state index in [4.69, 9.17) is 0 Å². The first-order chi connectivity index (χ1) is 8.22. The number of likely N-dealkylation sites (tertiary alicyclic amines) is 1. The van der Waals surface area contributed by atoms with Crippen LogP contribution in [-0.4, -0.2) is 59.3 Å². The highest BCUT2D eigenvalue weighted by molar-refractivity contribution is 7.99. The molecule has 1 atom stereocenters. The maximum atomic E-state index is 10.3. The van der Waals surface area contributed by atoms with Gasteiger partial charge in [0.25, 0.3) is 0 Å². The summed E-state index contributed by atoms with van der Waals surface area (Å²) in [4.78, 5) is 2.55. The fraction of sp³-hybridized carbons (Fsp3) is 1.00. The Morgan fingerprint density at radius 2 is 2.18 bits per heavy atom. The molecule has 0 bridgehead atoms. The van der Waals surface area contributed by atoms with E-state index in [-0.39, 0.29) is 0 Å². The fourth-order valence-electron chi connectivity index (χ4n) is 2.75. The van der Waals surface area contributed by atoms with Crippen LogP contribution in [0.15, 0.2) is 0 Å². The molecule has 2 rings (SSSR count). The second-order valence-corrected chi connectivity index (χ2v) is 6.63. The molecule has 2 aliphatic rings. The second kappa shape index (κ2) is 6.41. The number of nitrogens with zero attached hydrogens (tertiary/aromatic N) is 1. The van der Waals surface area contributed by atoms with Crippen LogP contribution in [0, 0.1) is 0 Å². The molecule has 0 saturated carbocycles. The van der Waals surface area contributed by atoms with Gasteiger partial charge in [0.1, 0.15) is 0 Å². The summed E-state index contributed by atoms with van der Waals surface area (Å²) in [6.07, 6.45) is 4.70. The number of rotatable bonds is 5. The Balaban J connectivity index is 1.64. The monoisotopic (exact) mass is 258 g/mol. The van der Waals surface area contributed by atoms with Gasteiger partial charge in [-0.15, -0.1) is 0 Å². The molecule has 0 aromatic rings. The van der Waals surface area contributed by atoms with Gasteiger partial charge in [0.2, 0.25) is 0 Å². The van der Waals surface area contributed by atoms with Crippen LogP contribution >= 0.6 is 11.8 Å². The SMILES string of the molecule is CCCN1CCC(NCC2(O)CCSC2)CC1. The molecule has 2 N–H and O–H groups in total. The zero-order valence-electron chi connectivity index (χ0n) is 11.0. The van der Waals surface area contributed by atoms with Crippen molar-refractivity contribution in [1.29, 1.82) is 0 Å². The van der Waals surface area contributed by atoms with Gasteiger partial charge in [0, 0.05) is 18.3 Å². The lowest BCUT2D eigenvalue weighted by molar-refractivity contribution is 0.0606. The third kappa shape index (κ3) is 4.12. The normalized spacial score (nSPS) is 32.1. The number of nitrogens with one attached hydrogen (secondary N) is 1. The van der Waals surface area contributed by atoms with Gasteiger partial charge in [-0.05, 0) is 51.1 Å². The van der Waals surface area contributed by atoms with Crippen LogP contribution in [0.2, 0.25) is 0 Å². The van der Waals surface area contributed by atoms with Crippen molar-refractivity contribution in [1.82, 2.24) is 10.2 Å². The molecule has 2 heterocycles. The Morgan fingerprint density at radius 3 is 2.76 bits per heavy atom. The molecule has 17 heavy (non-hydrogen) atoms. The third-order valence-corrected chi connectivity index (χ3v) is 5.16. The predicted octanol–water partition coefficient (Wildman–Crippen LogP) is 1.32. The lowest BCUT2D eigenvalue weighted by atomic mass is 10.0. The summed E-state index contributed by atoms with van der Waals surface area (Å²) >= 11 is 1.88. The number of aliphatic hydroxyl groups is 1. The molecule has 3 nitrogen and oxygen atoms in total. The Hall–Kier alpha value is 0.230. The van der Waals surface area contributed by atoms with E-state index >= 15 is 0 Å². The summed E-state index contributed by atoms with van der Waals surface area (Å²) < 4.78 is 0. The van der Waals surface area contributed by atoms with Gasteiger partial charge in [0.05, 0.1) is 5.60 Å². The zero-order valence-corrected chi connectivity index (χ0v) is 11.8. The first-order valence-corrected chi connectivity index (χ1v) is 8.13. The van der Waals surface area contributed by atoms with Gasteiger partial charge in [0.15, 0.2) is 0 Å². The largest absolute Gasteiger partial charge is 0.388 e. The number of hydrogen-bond donors (Lipinski definition) is 2. The van der Waals surface area contributed by atoms with Crippen molar-refractivity contribution in [2.45, 2.75) is 44.2 Å². The van der Waals surface area contributed by atoms with E-state index in [1.807, 2.05) is 11.8 Å². The molecule has 0 aliphatic carbocycles. The minimum absolute atomic E-state index is 0.425. The summed E-state index contributed by atoms with van der Waals surface area (Å²) in [5.74, 6) is 2.03. The molecule has 2 fully saturated rings. The third-order valence-electron chi connectivity index (χ3n) is 3.93. The van der Waals surface area contributed by atoms with Gasteiger partial charge >= 0.3 is 0 Å². The van der Waals surface area contributed by atoms with Crippen molar-refractivity contribution in [3.63, 3.8) is 0 Å². The lowest BCUT2D eigenvalue weighted by Gasteiger charge is -2.34. The highest BCUT2D eigenvalue weighted by atomic mass is 32.2. The predicted molar refractivity (Wildman–Crippen MR) is 74.6 cm³/mol. The van der Waals surface area contributed by atoms with Crippen LogP contribution in [0.5, 0.6) is 0 Å². The maximum Gasteiger partial charge on any atom is 0.0869 e. The van der Waals surface area contributed by atoms with E-state index in [1.165, 1.54) is 38.9 Å². The molecule has 0 amide bonds. The van der Waals surface area contributed by atoms with Crippen LogP contribution in [0.25, 0.3) is 0 Å². The molecule has 0 spiro atoms. The molecule has 1 unspecified atom stereocenters. The molecule has 0 aromatic carbocycles. The number of thioether (sulfide) groups is 1. The maximum absolute atomic E-state index is 10.3. The van der Waals surface area contributed by atoms with Crippen molar-refractivity contribution >= 4 is 11.8 Å². The van der Waals surface area contributed by atoms with Crippen LogP contribution in [0.1, 0.15) is 32.6 Å². The number of piperidine rings is 1. The number of hydrogen-bond acceptors (Lipinski definition) is 4. The molecule has 0 radical (unpaired) electrons. The van der Waals surface area contributed by atoms with Gasteiger partial charge in [-0.25, -0.2) is 0 Å². The average Bonchev–Trinajstić information content (AvgIpc) is 2.76. The topological polar surface area (TPSA) is 35.5 Å². The van der Waals surface area contributed by atoms with Gasteiger partial charge in [-0.2, -0.15) is 11.8 Å². The quantitative estimate of drug-likeness (QED) is 0.780. The van der Waals surface area contributed by atoms with Gasteiger partial charge in [-0.1, -0.05) is 6.92 Å². The molecular weight excluding hydrogens is 232 g/mol. The molecule has 2 aliphatic heterocycles. The zero-order chi connectivity index (χ0) is 12.1. The first-order valence-electron chi connectivity index (χ1n) is 6.98. The Labute approximate surface area is 109 Å². The Kier molecular flexibility index (Phi) is 5.15. The van der Waals surface area contributed by atoms with E-state index in [0.29, 0.717) is 6.04 Å². The van der Waals surface area contributed by atoms with E-state index in [0.717, 1.165) is 24.5 Å². The smallest absolute Gasteiger partial charge is 0.0869 e.